The molecule has 0 spiro atoms. The van der Waals surface area contributed by atoms with E-state index in [2.05, 4.69) is 18.8 Å². The molecule has 1 nitrogen and oxygen atoms in total. The molecule has 1 aliphatic rings. The molecule has 1 saturated carbocycles. The first-order chi connectivity index (χ1) is 5.83. The molecule has 1 unspecified atom stereocenters. The Morgan fingerprint density at radius 1 is 1.42 bits per heavy atom. The van der Waals surface area contributed by atoms with Crippen molar-refractivity contribution >= 4 is 0 Å². The molecule has 1 heteroatoms. The van der Waals surface area contributed by atoms with Gasteiger partial charge in [0.1, 0.15) is 6.10 Å². The van der Waals surface area contributed by atoms with Crippen LogP contribution in [0.5, 0.6) is 0 Å². The highest BCUT2D eigenvalue weighted by atomic mass is 16.3. The molecule has 0 saturated heterocycles. The van der Waals surface area contributed by atoms with Gasteiger partial charge in [-0.1, -0.05) is 31.6 Å². The topological polar surface area (TPSA) is 20.2 Å². The minimum Gasteiger partial charge on any atom is -0.380 e. The third-order valence-electron chi connectivity index (χ3n) is 2.11. The maximum atomic E-state index is 9.38. The van der Waals surface area contributed by atoms with Gasteiger partial charge in [-0.15, -0.1) is 0 Å². The van der Waals surface area contributed by atoms with Gasteiger partial charge in [0, 0.05) is 5.92 Å². The standard InChI is InChI=1S/C11H18O/c1-2-3-4-5-11(12)9-8-10-6-7-10/h10-12H,2-7H2,1H3. The van der Waals surface area contributed by atoms with Crippen LogP contribution in [-0.4, -0.2) is 11.2 Å². The first-order valence-corrected chi connectivity index (χ1v) is 5.02. The fraction of sp³-hybridized carbons (Fsp3) is 0.818. The van der Waals surface area contributed by atoms with Crippen molar-refractivity contribution in [2.75, 3.05) is 0 Å². The van der Waals surface area contributed by atoms with Crippen LogP contribution in [0, 0.1) is 17.8 Å². The fourth-order valence-corrected chi connectivity index (χ4v) is 1.10. The van der Waals surface area contributed by atoms with Gasteiger partial charge < -0.3 is 5.11 Å². The molecular formula is C11H18O. The highest BCUT2D eigenvalue weighted by molar-refractivity contribution is 5.12. The van der Waals surface area contributed by atoms with Crippen LogP contribution < -0.4 is 0 Å². The van der Waals surface area contributed by atoms with Gasteiger partial charge in [-0.2, -0.15) is 0 Å². The molecular weight excluding hydrogens is 148 g/mol. The van der Waals surface area contributed by atoms with E-state index in [9.17, 15) is 5.11 Å². The minimum absolute atomic E-state index is 0.364. The van der Waals surface area contributed by atoms with Gasteiger partial charge in [-0.25, -0.2) is 0 Å². The minimum atomic E-state index is -0.364. The number of hydrogen-bond donors (Lipinski definition) is 1. The monoisotopic (exact) mass is 166 g/mol. The third-order valence-corrected chi connectivity index (χ3v) is 2.11. The molecule has 12 heavy (non-hydrogen) atoms. The van der Waals surface area contributed by atoms with E-state index in [1.807, 2.05) is 0 Å². The molecule has 0 aromatic carbocycles. The molecule has 1 rings (SSSR count). The van der Waals surface area contributed by atoms with Crippen molar-refractivity contribution in [3.63, 3.8) is 0 Å². The number of aliphatic hydroxyl groups excluding tert-OH is 1. The third kappa shape index (κ3) is 4.41. The Bertz CT molecular complexity index is 171. The van der Waals surface area contributed by atoms with Crippen molar-refractivity contribution in [3.8, 4) is 11.8 Å². The lowest BCUT2D eigenvalue weighted by Gasteiger charge is -2.00. The first-order valence-electron chi connectivity index (χ1n) is 5.02. The number of aliphatic hydroxyl groups is 1. The molecule has 1 fully saturated rings. The molecule has 68 valence electrons. The van der Waals surface area contributed by atoms with Gasteiger partial charge >= 0.3 is 0 Å². The van der Waals surface area contributed by atoms with Crippen LogP contribution >= 0.6 is 0 Å². The Morgan fingerprint density at radius 3 is 2.75 bits per heavy atom. The van der Waals surface area contributed by atoms with Gasteiger partial charge in [-0.3, -0.25) is 0 Å². The molecule has 0 aliphatic heterocycles. The SMILES string of the molecule is CCCCCC(O)C#CC1CC1. The quantitative estimate of drug-likeness (QED) is 0.502. The summed E-state index contributed by atoms with van der Waals surface area (Å²) in [6.45, 7) is 2.17. The van der Waals surface area contributed by atoms with E-state index >= 15 is 0 Å². The molecule has 1 aliphatic carbocycles. The predicted molar refractivity (Wildman–Crippen MR) is 50.6 cm³/mol. The number of rotatable bonds is 4. The second kappa shape index (κ2) is 5.22. The highest BCUT2D eigenvalue weighted by Crippen LogP contribution is 2.27. The van der Waals surface area contributed by atoms with E-state index < -0.39 is 0 Å². The second-order valence-corrected chi connectivity index (χ2v) is 3.57. The van der Waals surface area contributed by atoms with Crippen molar-refractivity contribution in [2.45, 2.75) is 51.6 Å². The van der Waals surface area contributed by atoms with Crippen LogP contribution in [0.15, 0.2) is 0 Å². The van der Waals surface area contributed by atoms with Gasteiger partial charge in [0.2, 0.25) is 0 Å². The zero-order valence-corrected chi connectivity index (χ0v) is 7.84. The van der Waals surface area contributed by atoms with E-state index in [1.54, 1.807) is 0 Å². The van der Waals surface area contributed by atoms with E-state index in [1.165, 1.54) is 25.7 Å². The molecule has 0 heterocycles. The lowest BCUT2D eigenvalue weighted by Crippen LogP contribution is -2.02. The zero-order valence-electron chi connectivity index (χ0n) is 7.84. The summed E-state index contributed by atoms with van der Waals surface area (Å²) in [4.78, 5) is 0. The Hall–Kier alpha value is -0.480. The van der Waals surface area contributed by atoms with Crippen molar-refractivity contribution < 1.29 is 5.11 Å². The average Bonchev–Trinajstić information content (AvgIpc) is 2.84. The maximum absolute atomic E-state index is 9.38. The summed E-state index contributed by atoms with van der Waals surface area (Å²) in [5.41, 5.74) is 0. The Balaban J connectivity index is 2.03. The predicted octanol–water partition coefficient (Wildman–Crippen LogP) is 2.34. The fourth-order valence-electron chi connectivity index (χ4n) is 1.10. The Kier molecular flexibility index (Phi) is 4.18. The molecule has 1 atom stereocenters. The first kappa shape index (κ1) is 9.61. The van der Waals surface area contributed by atoms with E-state index in [4.69, 9.17) is 0 Å². The lowest BCUT2D eigenvalue weighted by atomic mass is 10.1. The molecule has 0 amide bonds. The molecule has 0 bridgehead atoms. The molecule has 0 radical (unpaired) electrons. The van der Waals surface area contributed by atoms with Crippen LogP contribution in [-0.2, 0) is 0 Å². The van der Waals surface area contributed by atoms with Crippen molar-refractivity contribution in [1.82, 2.24) is 0 Å². The highest BCUT2D eigenvalue weighted by Gasteiger charge is 2.17. The van der Waals surface area contributed by atoms with Gasteiger partial charge in [0.15, 0.2) is 0 Å². The normalized spacial score (nSPS) is 18.2. The summed E-state index contributed by atoms with van der Waals surface area (Å²) in [6, 6.07) is 0. The lowest BCUT2D eigenvalue weighted by molar-refractivity contribution is 0.217. The van der Waals surface area contributed by atoms with Gasteiger partial charge in [-0.05, 0) is 25.7 Å². The summed E-state index contributed by atoms with van der Waals surface area (Å²) in [6.07, 6.45) is 6.51. The van der Waals surface area contributed by atoms with Crippen LogP contribution in [0.25, 0.3) is 0 Å². The van der Waals surface area contributed by atoms with E-state index in [-0.39, 0.29) is 6.10 Å². The maximum Gasteiger partial charge on any atom is 0.114 e. The summed E-state index contributed by atoms with van der Waals surface area (Å²) in [5, 5.41) is 9.38. The Morgan fingerprint density at radius 2 is 2.17 bits per heavy atom. The van der Waals surface area contributed by atoms with Crippen molar-refractivity contribution in [2.24, 2.45) is 5.92 Å². The largest absolute Gasteiger partial charge is 0.380 e. The molecule has 0 aromatic rings. The van der Waals surface area contributed by atoms with Crippen molar-refractivity contribution in [3.05, 3.63) is 0 Å². The zero-order chi connectivity index (χ0) is 8.81. The summed E-state index contributed by atoms with van der Waals surface area (Å²) < 4.78 is 0. The van der Waals surface area contributed by atoms with E-state index in [0.717, 1.165) is 12.8 Å². The van der Waals surface area contributed by atoms with Crippen LogP contribution in [0.2, 0.25) is 0 Å². The van der Waals surface area contributed by atoms with Crippen molar-refractivity contribution in [1.29, 1.82) is 0 Å². The average molecular weight is 166 g/mol. The Labute approximate surface area is 75.2 Å². The molecule has 0 aromatic heterocycles. The van der Waals surface area contributed by atoms with E-state index in [0.29, 0.717) is 5.92 Å². The van der Waals surface area contributed by atoms with Crippen LogP contribution in [0.3, 0.4) is 0 Å². The second-order valence-electron chi connectivity index (χ2n) is 3.57. The molecule has 1 N–H and O–H groups in total. The van der Waals surface area contributed by atoms with Crippen LogP contribution in [0.1, 0.15) is 45.4 Å². The van der Waals surface area contributed by atoms with Gasteiger partial charge in [0.05, 0.1) is 0 Å². The summed E-state index contributed by atoms with van der Waals surface area (Å²) in [5.74, 6) is 6.61. The van der Waals surface area contributed by atoms with Crippen LogP contribution in [0.4, 0.5) is 0 Å². The summed E-state index contributed by atoms with van der Waals surface area (Å²) in [7, 11) is 0. The summed E-state index contributed by atoms with van der Waals surface area (Å²) >= 11 is 0. The number of hydrogen-bond acceptors (Lipinski definition) is 1. The smallest absolute Gasteiger partial charge is 0.114 e. The van der Waals surface area contributed by atoms with Gasteiger partial charge in [0.25, 0.3) is 0 Å². The number of unbranched alkanes of at least 4 members (excludes halogenated alkanes) is 2.